The second kappa shape index (κ2) is 6.93. The van der Waals surface area contributed by atoms with Crippen molar-refractivity contribution >= 4 is 17.7 Å². The van der Waals surface area contributed by atoms with Crippen LogP contribution in [0.25, 0.3) is 0 Å². The zero-order chi connectivity index (χ0) is 13.5. The van der Waals surface area contributed by atoms with Gasteiger partial charge in [0.2, 0.25) is 0 Å². The van der Waals surface area contributed by atoms with Crippen molar-refractivity contribution < 1.29 is 24.2 Å². The van der Waals surface area contributed by atoms with E-state index in [0.717, 1.165) is 38.2 Å². The van der Waals surface area contributed by atoms with Gasteiger partial charge in [-0.1, -0.05) is 13.0 Å². The molecule has 1 N–H and O–H groups in total. The Hall–Kier alpha value is -1.65. The molecule has 0 aromatic rings. The fourth-order valence-corrected chi connectivity index (χ4v) is 2.05. The van der Waals surface area contributed by atoms with Crippen molar-refractivity contribution in [2.24, 2.45) is 5.92 Å². The lowest BCUT2D eigenvalue weighted by Crippen LogP contribution is -2.31. The highest BCUT2D eigenvalue weighted by Crippen LogP contribution is 2.22. The van der Waals surface area contributed by atoms with Crippen molar-refractivity contribution in [1.29, 1.82) is 0 Å². The van der Waals surface area contributed by atoms with Gasteiger partial charge in [0.1, 0.15) is 12.0 Å². The monoisotopic (exact) mass is 254 g/mol. The first-order valence-corrected chi connectivity index (χ1v) is 6.13. The third-order valence-corrected chi connectivity index (χ3v) is 3.04. The molecule has 1 unspecified atom stereocenters. The number of esters is 1. The van der Waals surface area contributed by atoms with Gasteiger partial charge in [0.25, 0.3) is 0 Å². The van der Waals surface area contributed by atoms with Crippen molar-refractivity contribution in [1.82, 2.24) is 0 Å². The number of ether oxygens (including phenoxy) is 1. The number of carbonyl (C=O) groups is 3. The van der Waals surface area contributed by atoms with Crippen LogP contribution in [0.15, 0.2) is 12.7 Å². The second-order valence-electron chi connectivity index (χ2n) is 4.45. The first kappa shape index (κ1) is 14.4. The minimum absolute atomic E-state index is 0.180. The van der Waals surface area contributed by atoms with Gasteiger partial charge in [-0.25, -0.2) is 0 Å². The molecule has 0 bridgehead atoms. The van der Waals surface area contributed by atoms with Gasteiger partial charge in [-0.05, 0) is 31.8 Å². The van der Waals surface area contributed by atoms with Gasteiger partial charge in [0.15, 0.2) is 5.78 Å². The number of ketones is 1. The minimum Gasteiger partial charge on any atom is -0.481 e. The molecular weight excluding hydrogens is 236 g/mol. The summed E-state index contributed by atoms with van der Waals surface area (Å²) in [7, 11) is 0. The van der Waals surface area contributed by atoms with Crippen LogP contribution in [-0.4, -0.2) is 28.9 Å². The predicted molar refractivity (Wildman–Crippen MR) is 63.9 cm³/mol. The van der Waals surface area contributed by atoms with Gasteiger partial charge < -0.3 is 9.84 Å². The lowest BCUT2D eigenvalue weighted by molar-refractivity contribution is -0.160. The largest absolute Gasteiger partial charge is 0.481 e. The van der Waals surface area contributed by atoms with E-state index in [0.29, 0.717) is 0 Å². The maximum atomic E-state index is 11.8. The first-order valence-electron chi connectivity index (χ1n) is 6.13. The summed E-state index contributed by atoms with van der Waals surface area (Å²) in [6.07, 6.45) is 4.93. The molecule has 0 aromatic heterocycles. The summed E-state index contributed by atoms with van der Waals surface area (Å²) in [4.78, 5) is 33.9. The molecule has 18 heavy (non-hydrogen) atoms. The van der Waals surface area contributed by atoms with Gasteiger partial charge in [0.05, 0.1) is 6.42 Å². The molecule has 1 aliphatic carbocycles. The Morgan fingerprint density at radius 2 is 1.89 bits per heavy atom. The van der Waals surface area contributed by atoms with E-state index in [1.807, 2.05) is 0 Å². The molecule has 0 amide bonds. The number of carboxylic acid groups (broad SMARTS) is 1. The standard InChI is InChI=1S/C13H18O5/c1-2-11(14)10(8-12(15)16)13(17)18-9-6-4-3-5-7-9/h2,9-10H,1,3-8H2,(H,15,16). The molecule has 0 spiro atoms. The molecule has 0 heterocycles. The Morgan fingerprint density at radius 3 is 2.39 bits per heavy atom. The average molecular weight is 254 g/mol. The van der Waals surface area contributed by atoms with Crippen LogP contribution in [0.3, 0.4) is 0 Å². The van der Waals surface area contributed by atoms with E-state index in [1.54, 1.807) is 0 Å². The van der Waals surface area contributed by atoms with E-state index in [1.165, 1.54) is 0 Å². The van der Waals surface area contributed by atoms with Crippen molar-refractivity contribution in [3.05, 3.63) is 12.7 Å². The fraction of sp³-hybridized carbons (Fsp3) is 0.615. The number of hydrogen-bond acceptors (Lipinski definition) is 4. The third-order valence-electron chi connectivity index (χ3n) is 3.04. The zero-order valence-corrected chi connectivity index (χ0v) is 10.3. The Kier molecular flexibility index (Phi) is 5.55. The molecule has 5 heteroatoms. The number of rotatable bonds is 6. The van der Waals surface area contributed by atoms with Crippen molar-refractivity contribution in [2.75, 3.05) is 0 Å². The zero-order valence-electron chi connectivity index (χ0n) is 10.3. The summed E-state index contributed by atoms with van der Waals surface area (Å²) in [6.45, 7) is 3.27. The number of allylic oxidation sites excluding steroid dienone is 1. The molecule has 1 aliphatic rings. The SMILES string of the molecule is C=CC(=O)C(CC(=O)O)C(=O)OC1CCCCC1. The maximum absolute atomic E-state index is 11.8. The summed E-state index contributed by atoms with van der Waals surface area (Å²) in [6, 6.07) is 0. The van der Waals surface area contributed by atoms with E-state index in [9.17, 15) is 14.4 Å². The van der Waals surface area contributed by atoms with Crippen LogP contribution >= 0.6 is 0 Å². The summed E-state index contributed by atoms with van der Waals surface area (Å²) in [5.41, 5.74) is 0. The fourth-order valence-electron chi connectivity index (χ4n) is 2.05. The molecular formula is C13H18O5. The second-order valence-corrected chi connectivity index (χ2v) is 4.45. The quantitative estimate of drug-likeness (QED) is 0.443. The lowest BCUT2D eigenvalue weighted by atomic mass is 9.96. The van der Waals surface area contributed by atoms with Crippen molar-refractivity contribution in [3.63, 3.8) is 0 Å². The normalized spacial score (nSPS) is 17.8. The van der Waals surface area contributed by atoms with E-state index < -0.39 is 30.1 Å². The first-order chi connectivity index (χ1) is 8.54. The molecule has 0 radical (unpaired) electrons. The molecule has 0 saturated heterocycles. The molecule has 0 aromatic carbocycles. The maximum Gasteiger partial charge on any atom is 0.317 e. The summed E-state index contributed by atoms with van der Waals surface area (Å²) in [5.74, 6) is -3.80. The summed E-state index contributed by atoms with van der Waals surface area (Å²) >= 11 is 0. The van der Waals surface area contributed by atoms with Crippen molar-refractivity contribution in [3.8, 4) is 0 Å². The van der Waals surface area contributed by atoms with E-state index in [2.05, 4.69) is 6.58 Å². The number of hydrogen-bond donors (Lipinski definition) is 1. The summed E-state index contributed by atoms with van der Waals surface area (Å²) < 4.78 is 5.21. The van der Waals surface area contributed by atoms with Gasteiger partial charge in [-0.2, -0.15) is 0 Å². The van der Waals surface area contributed by atoms with Crippen LogP contribution in [-0.2, 0) is 19.1 Å². The molecule has 5 nitrogen and oxygen atoms in total. The highest BCUT2D eigenvalue weighted by Gasteiger charge is 2.31. The number of carboxylic acids is 1. The predicted octanol–water partition coefficient (Wildman–Crippen LogP) is 1.71. The van der Waals surface area contributed by atoms with Gasteiger partial charge in [-0.15, -0.1) is 0 Å². The Balaban J connectivity index is 2.60. The van der Waals surface area contributed by atoms with E-state index >= 15 is 0 Å². The van der Waals surface area contributed by atoms with Crippen LogP contribution in [0.5, 0.6) is 0 Å². The molecule has 100 valence electrons. The van der Waals surface area contributed by atoms with Gasteiger partial charge >= 0.3 is 11.9 Å². The van der Waals surface area contributed by atoms with Crippen LogP contribution in [0, 0.1) is 5.92 Å². The smallest absolute Gasteiger partial charge is 0.317 e. The average Bonchev–Trinajstić information content (AvgIpc) is 2.36. The lowest BCUT2D eigenvalue weighted by Gasteiger charge is -2.23. The van der Waals surface area contributed by atoms with Crippen LogP contribution < -0.4 is 0 Å². The van der Waals surface area contributed by atoms with E-state index in [4.69, 9.17) is 9.84 Å². The highest BCUT2D eigenvalue weighted by atomic mass is 16.5. The molecule has 1 saturated carbocycles. The molecule has 1 rings (SSSR count). The number of carbonyl (C=O) groups excluding carboxylic acids is 2. The minimum atomic E-state index is -1.26. The molecule has 0 aliphatic heterocycles. The van der Waals surface area contributed by atoms with Gasteiger partial charge in [0, 0.05) is 0 Å². The molecule has 1 atom stereocenters. The summed E-state index contributed by atoms with van der Waals surface area (Å²) in [5, 5.41) is 8.69. The third kappa shape index (κ3) is 4.31. The van der Waals surface area contributed by atoms with E-state index in [-0.39, 0.29) is 6.10 Å². The Morgan fingerprint density at radius 1 is 1.28 bits per heavy atom. The van der Waals surface area contributed by atoms with Gasteiger partial charge in [-0.3, -0.25) is 14.4 Å². The van der Waals surface area contributed by atoms with Crippen LogP contribution in [0.2, 0.25) is 0 Å². The topological polar surface area (TPSA) is 80.7 Å². The Bertz CT molecular complexity index is 341. The molecule has 1 fully saturated rings. The van der Waals surface area contributed by atoms with Crippen molar-refractivity contribution in [2.45, 2.75) is 44.6 Å². The van der Waals surface area contributed by atoms with Crippen LogP contribution in [0.4, 0.5) is 0 Å². The van der Waals surface area contributed by atoms with Crippen LogP contribution in [0.1, 0.15) is 38.5 Å². The Labute approximate surface area is 106 Å². The highest BCUT2D eigenvalue weighted by molar-refractivity contribution is 6.06. The number of aliphatic carboxylic acids is 1.